The van der Waals surface area contributed by atoms with Gasteiger partial charge in [0.15, 0.2) is 0 Å². The number of hydrogen-bond donors (Lipinski definition) is 0. The first-order chi connectivity index (χ1) is 28.3. The molecule has 57 heavy (non-hydrogen) atoms. The molecule has 0 aliphatic heterocycles. The van der Waals surface area contributed by atoms with Gasteiger partial charge in [0.1, 0.15) is 12.2 Å². The van der Waals surface area contributed by atoms with Crippen LogP contribution in [0.4, 0.5) is 0 Å². The molecule has 0 bridgehead atoms. The van der Waals surface area contributed by atoms with Gasteiger partial charge in [0, 0.05) is 12.4 Å². The summed E-state index contributed by atoms with van der Waals surface area (Å²) in [5.41, 5.74) is 10.1. The van der Waals surface area contributed by atoms with Crippen molar-refractivity contribution in [3.8, 4) is 0 Å². The summed E-state index contributed by atoms with van der Waals surface area (Å²) in [4.78, 5) is 9.47. The molecule has 0 aliphatic rings. The standard InChI is InChI=1S/C50H42B2N2O3/c1-5-21-39(22-6-1)49(47-33-17-19-35-53-47)56-51(43-27-9-3-10-28-43)45-31-15-13-25-41(45)37-55-38-42-26-14-16-32-46(42)52(44-29-11-4-12-30-44)57-50(40-23-7-2-8-24-40)48-34-18-20-36-54-48/h1-36,49-50H,37-38H2. The lowest BCUT2D eigenvalue weighted by molar-refractivity contribution is 0.108. The molecule has 0 saturated heterocycles. The summed E-state index contributed by atoms with van der Waals surface area (Å²) in [6, 6.07) is 70.1. The number of ether oxygens (including phenoxy) is 1. The van der Waals surface area contributed by atoms with E-state index in [9.17, 15) is 0 Å². The highest BCUT2D eigenvalue weighted by atomic mass is 16.5. The predicted molar refractivity (Wildman–Crippen MR) is 232 cm³/mol. The van der Waals surface area contributed by atoms with Crippen LogP contribution in [0.1, 0.15) is 45.8 Å². The third-order valence-electron chi connectivity index (χ3n) is 10.1. The van der Waals surface area contributed by atoms with Crippen molar-refractivity contribution in [1.29, 1.82) is 0 Å². The number of benzene rings is 6. The smallest absolute Gasteiger partial charge is 0.362 e. The molecule has 0 N–H and O–H groups in total. The van der Waals surface area contributed by atoms with Crippen LogP contribution in [-0.4, -0.2) is 23.8 Å². The number of pyridine rings is 2. The lowest BCUT2D eigenvalue weighted by Crippen LogP contribution is -2.48. The number of rotatable bonds is 16. The zero-order chi connectivity index (χ0) is 38.5. The Morgan fingerprint density at radius 3 is 1.11 bits per heavy atom. The van der Waals surface area contributed by atoms with E-state index in [0.717, 1.165) is 55.5 Å². The van der Waals surface area contributed by atoms with Gasteiger partial charge in [-0.05, 0) is 68.4 Å². The number of hydrogen-bond acceptors (Lipinski definition) is 5. The first-order valence-corrected chi connectivity index (χ1v) is 19.4. The molecular formula is C50H42B2N2O3. The number of nitrogens with zero attached hydrogens (tertiary/aromatic N) is 2. The molecule has 8 aromatic rings. The lowest BCUT2D eigenvalue weighted by atomic mass is 9.53. The quantitative estimate of drug-likeness (QED) is 0.0941. The third kappa shape index (κ3) is 9.37. The van der Waals surface area contributed by atoms with Gasteiger partial charge in [0.05, 0.1) is 24.6 Å². The van der Waals surface area contributed by atoms with Crippen molar-refractivity contribution in [2.24, 2.45) is 0 Å². The minimum absolute atomic E-state index is 0.383. The van der Waals surface area contributed by atoms with E-state index in [1.807, 2.05) is 97.3 Å². The molecule has 2 unspecified atom stereocenters. The summed E-state index contributed by atoms with van der Waals surface area (Å²) in [5.74, 6) is 0. The van der Waals surface area contributed by atoms with Gasteiger partial charge in [-0.2, -0.15) is 0 Å². The van der Waals surface area contributed by atoms with Crippen molar-refractivity contribution < 1.29 is 14.0 Å². The molecular weight excluding hydrogens is 698 g/mol. The Hall–Kier alpha value is -6.37. The SMILES string of the molecule is c1ccc(B(OC(c2ccccc2)c2ccccn2)c2ccccc2COCc2ccccc2B(OC(c2ccccc2)c2ccccn2)c2ccccc2)cc1. The Morgan fingerprint density at radius 2 is 0.719 bits per heavy atom. The van der Waals surface area contributed by atoms with E-state index in [4.69, 9.17) is 24.0 Å². The molecule has 0 amide bonds. The monoisotopic (exact) mass is 740 g/mol. The van der Waals surface area contributed by atoms with Gasteiger partial charge in [-0.25, -0.2) is 0 Å². The molecule has 0 aliphatic carbocycles. The van der Waals surface area contributed by atoms with Crippen LogP contribution in [0.2, 0.25) is 0 Å². The van der Waals surface area contributed by atoms with Crippen LogP contribution in [0.3, 0.4) is 0 Å². The van der Waals surface area contributed by atoms with E-state index >= 15 is 0 Å². The highest BCUT2D eigenvalue weighted by Gasteiger charge is 2.31. The van der Waals surface area contributed by atoms with E-state index in [1.165, 1.54) is 0 Å². The normalized spacial score (nSPS) is 12.1. The first kappa shape index (κ1) is 37.5. The van der Waals surface area contributed by atoms with E-state index in [1.54, 1.807) is 0 Å². The second kappa shape index (κ2) is 19.0. The summed E-state index contributed by atoms with van der Waals surface area (Å²) >= 11 is 0. The molecule has 2 atom stereocenters. The topological polar surface area (TPSA) is 53.5 Å². The van der Waals surface area contributed by atoms with Crippen molar-refractivity contribution in [2.75, 3.05) is 0 Å². The molecule has 276 valence electrons. The second-order valence-electron chi connectivity index (χ2n) is 13.8. The molecule has 0 radical (unpaired) electrons. The molecule has 5 nitrogen and oxygen atoms in total. The van der Waals surface area contributed by atoms with Crippen LogP contribution in [0.5, 0.6) is 0 Å². The van der Waals surface area contributed by atoms with Crippen LogP contribution in [0.25, 0.3) is 0 Å². The fourth-order valence-electron chi connectivity index (χ4n) is 7.26. The van der Waals surface area contributed by atoms with Crippen LogP contribution in [0.15, 0.2) is 219 Å². The molecule has 2 heterocycles. The largest absolute Gasteiger partial charge is 0.414 e. The van der Waals surface area contributed by atoms with Gasteiger partial charge in [-0.3, -0.25) is 9.97 Å². The molecule has 0 fully saturated rings. The molecule has 0 saturated carbocycles. The van der Waals surface area contributed by atoms with E-state index in [2.05, 4.69) is 121 Å². The summed E-state index contributed by atoms with van der Waals surface area (Å²) in [5, 5.41) is 0. The second-order valence-corrected chi connectivity index (χ2v) is 13.8. The predicted octanol–water partition coefficient (Wildman–Crippen LogP) is 8.02. The summed E-state index contributed by atoms with van der Waals surface area (Å²) in [7, 11) is 0. The maximum absolute atomic E-state index is 7.17. The average Bonchev–Trinajstić information content (AvgIpc) is 3.29. The van der Waals surface area contributed by atoms with Crippen molar-refractivity contribution >= 4 is 35.7 Å². The average molecular weight is 741 g/mol. The van der Waals surface area contributed by atoms with Gasteiger partial charge in [0.25, 0.3) is 0 Å². The highest BCUT2D eigenvalue weighted by molar-refractivity contribution is 6.81. The Balaban J connectivity index is 1.09. The molecule has 2 aromatic heterocycles. The number of aromatic nitrogens is 2. The van der Waals surface area contributed by atoms with Crippen molar-refractivity contribution in [3.05, 3.63) is 252 Å². The Morgan fingerprint density at radius 1 is 0.368 bits per heavy atom. The third-order valence-corrected chi connectivity index (χ3v) is 10.1. The minimum Gasteiger partial charge on any atom is -0.414 e. The van der Waals surface area contributed by atoms with E-state index in [-0.39, 0.29) is 26.0 Å². The Labute approximate surface area is 336 Å². The zero-order valence-electron chi connectivity index (χ0n) is 31.6. The summed E-state index contributed by atoms with van der Waals surface area (Å²) < 4.78 is 21.0. The van der Waals surface area contributed by atoms with Crippen LogP contribution < -0.4 is 21.9 Å². The molecule has 8 rings (SSSR count). The van der Waals surface area contributed by atoms with Crippen molar-refractivity contribution in [1.82, 2.24) is 9.97 Å². The molecule has 0 spiro atoms. The van der Waals surface area contributed by atoms with Gasteiger partial charge in [-0.15, -0.1) is 0 Å². The van der Waals surface area contributed by atoms with Gasteiger partial charge in [-0.1, -0.05) is 182 Å². The van der Waals surface area contributed by atoms with Gasteiger partial charge < -0.3 is 14.0 Å². The fraction of sp³-hybridized carbons (Fsp3) is 0.0800. The van der Waals surface area contributed by atoms with E-state index < -0.39 is 0 Å². The van der Waals surface area contributed by atoms with Crippen LogP contribution in [-0.2, 0) is 27.3 Å². The fourth-order valence-corrected chi connectivity index (χ4v) is 7.26. The maximum atomic E-state index is 7.17. The van der Waals surface area contributed by atoms with Crippen LogP contribution >= 0.6 is 0 Å². The summed E-state index contributed by atoms with van der Waals surface area (Å²) in [6.45, 7) is -0.00613. The lowest BCUT2D eigenvalue weighted by Gasteiger charge is -2.26. The highest BCUT2D eigenvalue weighted by Crippen LogP contribution is 2.27. The van der Waals surface area contributed by atoms with Crippen molar-refractivity contribution in [2.45, 2.75) is 25.4 Å². The first-order valence-electron chi connectivity index (χ1n) is 19.4. The Kier molecular flexibility index (Phi) is 12.5. The van der Waals surface area contributed by atoms with Gasteiger partial charge in [0.2, 0.25) is 0 Å². The van der Waals surface area contributed by atoms with E-state index in [0.29, 0.717) is 13.2 Å². The summed E-state index contributed by atoms with van der Waals surface area (Å²) in [6.07, 6.45) is 2.86. The molecule has 6 aromatic carbocycles. The van der Waals surface area contributed by atoms with Gasteiger partial charge >= 0.3 is 13.8 Å². The maximum Gasteiger partial charge on any atom is 0.362 e. The Bertz CT molecular complexity index is 2160. The zero-order valence-corrected chi connectivity index (χ0v) is 31.6. The molecule has 7 heteroatoms. The van der Waals surface area contributed by atoms with Crippen LogP contribution in [0, 0.1) is 0 Å². The minimum atomic E-state index is -0.390. The van der Waals surface area contributed by atoms with Crippen molar-refractivity contribution in [3.63, 3.8) is 0 Å².